The lowest BCUT2D eigenvalue weighted by Gasteiger charge is -2.32. The van der Waals surface area contributed by atoms with Crippen LogP contribution in [0, 0.1) is 12.8 Å². The third-order valence-corrected chi connectivity index (χ3v) is 4.73. The van der Waals surface area contributed by atoms with Crippen molar-refractivity contribution in [3.05, 3.63) is 59.9 Å². The molecule has 0 saturated carbocycles. The second-order valence-electron chi connectivity index (χ2n) is 6.58. The highest BCUT2D eigenvalue weighted by Crippen LogP contribution is 2.33. The van der Waals surface area contributed by atoms with Gasteiger partial charge in [0.05, 0.1) is 6.10 Å². The molecule has 1 saturated heterocycles. The smallest absolute Gasteiger partial charge is 0.180 e. The number of nitrogens with zero attached hydrogens (tertiary/aromatic N) is 3. The van der Waals surface area contributed by atoms with Crippen molar-refractivity contribution in [1.29, 1.82) is 0 Å². The molecule has 2 atom stereocenters. The fraction of sp³-hybridized carbons (Fsp3) is 0.350. The standard InChI is InChI=1S/C20H22N4O/c1-14-4-6-15(7-5-14)19-16(3-2-12-25-19)13-23-18-9-8-17-20(24-18)22-11-10-21-17/h4-11,16,19H,2-3,12-13H2,1H3,(H,22,23,24). The monoisotopic (exact) mass is 334 g/mol. The largest absolute Gasteiger partial charge is 0.373 e. The van der Waals surface area contributed by atoms with E-state index < -0.39 is 0 Å². The lowest BCUT2D eigenvalue weighted by atomic mass is 9.89. The summed E-state index contributed by atoms with van der Waals surface area (Å²) >= 11 is 0. The molecule has 0 spiro atoms. The summed E-state index contributed by atoms with van der Waals surface area (Å²) in [5, 5.41) is 3.46. The molecule has 5 nitrogen and oxygen atoms in total. The first-order chi connectivity index (χ1) is 12.3. The van der Waals surface area contributed by atoms with Crippen LogP contribution in [0.5, 0.6) is 0 Å². The molecule has 1 aliphatic heterocycles. The van der Waals surface area contributed by atoms with E-state index in [1.54, 1.807) is 12.4 Å². The summed E-state index contributed by atoms with van der Waals surface area (Å²) in [7, 11) is 0. The van der Waals surface area contributed by atoms with Gasteiger partial charge in [0.25, 0.3) is 0 Å². The Morgan fingerprint density at radius 3 is 2.80 bits per heavy atom. The van der Waals surface area contributed by atoms with Gasteiger partial charge in [0.1, 0.15) is 11.3 Å². The van der Waals surface area contributed by atoms with Gasteiger partial charge < -0.3 is 10.1 Å². The molecule has 1 aliphatic rings. The number of hydrogen-bond donors (Lipinski definition) is 1. The highest BCUT2D eigenvalue weighted by molar-refractivity contribution is 5.71. The molecular formula is C20H22N4O. The van der Waals surface area contributed by atoms with Crippen molar-refractivity contribution in [2.24, 2.45) is 5.92 Å². The summed E-state index contributed by atoms with van der Waals surface area (Å²) in [6, 6.07) is 12.6. The van der Waals surface area contributed by atoms with Gasteiger partial charge in [-0.1, -0.05) is 29.8 Å². The van der Waals surface area contributed by atoms with Crippen LogP contribution in [0.3, 0.4) is 0 Å². The van der Waals surface area contributed by atoms with Crippen LogP contribution in [0.25, 0.3) is 11.2 Å². The normalized spacial score (nSPS) is 20.5. The Bertz CT molecular complexity index is 850. The van der Waals surface area contributed by atoms with Crippen LogP contribution in [-0.4, -0.2) is 28.1 Å². The van der Waals surface area contributed by atoms with Crippen molar-refractivity contribution in [3.63, 3.8) is 0 Å². The Labute approximate surface area is 147 Å². The number of anilines is 1. The molecule has 2 unspecified atom stereocenters. The second-order valence-corrected chi connectivity index (χ2v) is 6.58. The molecule has 1 aromatic carbocycles. The predicted molar refractivity (Wildman–Crippen MR) is 98.4 cm³/mol. The molecule has 3 aromatic rings. The lowest BCUT2D eigenvalue weighted by Crippen LogP contribution is -2.28. The molecule has 0 aliphatic carbocycles. The predicted octanol–water partition coefficient (Wildman–Crippen LogP) is 3.91. The number of aryl methyl sites for hydroxylation is 1. The summed E-state index contributed by atoms with van der Waals surface area (Å²) in [6.45, 7) is 3.77. The zero-order chi connectivity index (χ0) is 17.1. The van der Waals surface area contributed by atoms with E-state index in [-0.39, 0.29) is 6.10 Å². The summed E-state index contributed by atoms with van der Waals surface area (Å²) in [4.78, 5) is 13.1. The van der Waals surface area contributed by atoms with Gasteiger partial charge in [-0.25, -0.2) is 9.97 Å². The van der Waals surface area contributed by atoms with E-state index in [9.17, 15) is 0 Å². The van der Waals surface area contributed by atoms with Gasteiger partial charge in [0.2, 0.25) is 0 Å². The zero-order valence-corrected chi connectivity index (χ0v) is 14.4. The van der Waals surface area contributed by atoms with Gasteiger partial charge in [-0.15, -0.1) is 0 Å². The number of rotatable bonds is 4. The Kier molecular flexibility index (Phi) is 4.57. The Morgan fingerprint density at radius 1 is 1.08 bits per heavy atom. The highest BCUT2D eigenvalue weighted by atomic mass is 16.5. The minimum atomic E-state index is 0.141. The average Bonchev–Trinajstić information content (AvgIpc) is 2.67. The van der Waals surface area contributed by atoms with E-state index in [1.165, 1.54) is 11.1 Å². The molecule has 4 rings (SSSR count). The fourth-order valence-electron chi connectivity index (χ4n) is 3.37. The quantitative estimate of drug-likeness (QED) is 0.784. The van der Waals surface area contributed by atoms with Crippen LogP contribution in [0.1, 0.15) is 30.1 Å². The third-order valence-electron chi connectivity index (χ3n) is 4.73. The first-order valence-electron chi connectivity index (χ1n) is 8.79. The van der Waals surface area contributed by atoms with E-state index >= 15 is 0 Å². The molecule has 3 heterocycles. The minimum Gasteiger partial charge on any atom is -0.373 e. The fourth-order valence-corrected chi connectivity index (χ4v) is 3.37. The van der Waals surface area contributed by atoms with Crippen molar-refractivity contribution >= 4 is 17.0 Å². The number of fused-ring (bicyclic) bond motifs is 1. The maximum Gasteiger partial charge on any atom is 0.180 e. The topological polar surface area (TPSA) is 59.9 Å². The summed E-state index contributed by atoms with van der Waals surface area (Å²) in [6.07, 6.45) is 5.75. The van der Waals surface area contributed by atoms with Gasteiger partial charge in [0.15, 0.2) is 5.65 Å². The van der Waals surface area contributed by atoms with Crippen molar-refractivity contribution in [2.45, 2.75) is 25.9 Å². The highest BCUT2D eigenvalue weighted by Gasteiger charge is 2.27. The number of ether oxygens (including phenoxy) is 1. The SMILES string of the molecule is Cc1ccc(C2OCCCC2CNc2ccc3nccnc3n2)cc1. The van der Waals surface area contributed by atoms with E-state index in [2.05, 4.69) is 51.5 Å². The molecule has 1 N–H and O–H groups in total. The van der Waals surface area contributed by atoms with Gasteiger partial charge in [-0.05, 0) is 37.5 Å². The van der Waals surface area contributed by atoms with Gasteiger partial charge in [0, 0.05) is 31.5 Å². The molecule has 2 aromatic heterocycles. The van der Waals surface area contributed by atoms with E-state index in [1.807, 2.05) is 12.1 Å². The Hall–Kier alpha value is -2.53. The molecule has 25 heavy (non-hydrogen) atoms. The first kappa shape index (κ1) is 16.0. The number of nitrogens with one attached hydrogen (secondary N) is 1. The van der Waals surface area contributed by atoms with Crippen LogP contribution in [0.2, 0.25) is 0 Å². The Balaban J connectivity index is 1.48. The van der Waals surface area contributed by atoms with Gasteiger partial charge in [-0.2, -0.15) is 0 Å². The molecule has 0 radical (unpaired) electrons. The summed E-state index contributed by atoms with van der Waals surface area (Å²) < 4.78 is 6.09. The van der Waals surface area contributed by atoms with Crippen molar-refractivity contribution in [2.75, 3.05) is 18.5 Å². The zero-order valence-electron chi connectivity index (χ0n) is 14.4. The van der Waals surface area contributed by atoms with Crippen LogP contribution < -0.4 is 5.32 Å². The molecular weight excluding hydrogens is 312 g/mol. The van der Waals surface area contributed by atoms with Crippen LogP contribution >= 0.6 is 0 Å². The van der Waals surface area contributed by atoms with Crippen molar-refractivity contribution in [3.8, 4) is 0 Å². The number of pyridine rings is 1. The van der Waals surface area contributed by atoms with Crippen molar-refractivity contribution < 1.29 is 4.74 Å². The number of aromatic nitrogens is 3. The molecule has 0 bridgehead atoms. The van der Waals surface area contributed by atoms with Crippen LogP contribution in [0.4, 0.5) is 5.82 Å². The molecule has 1 fully saturated rings. The Morgan fingerprint density at radius 2 is 1.92 bits per heavy atom. The van der Waals surface area contributed by atoms with Crippen LogP contribution in [0.15, 0.2) is 48.8 Å². The van der Waals surface area contributed by atoms with E-state index in [4.69, 9.17) is 4.74 Å². The third kappa shape index (κ3) is 3.61. The summed E-state index contributed by atoms with van der Waals surface area (Å²) in [5.74, 6) is 1.26. The molecule has 128 valence electrons. The minimum absolute atomic E-state index is 0.141. The maximum atomic E-state index is 6.09. The van der Waals surface area contributed by atoms with Gasteiger partial charge >= 0.3 is 0 Å². The molecule has 5 heteroatoms. The number of benzene rings is 1. The maximum absolute atomic E-state index is 6.09. The van der Waals surface area contributed by atoms with Gasteiger partial charge in [-0.3, -0.25) is 4.98 Å². The molecule has 0 amide bonds. The van der Waals surface area contributed by atoms with Crippen molar-refractivity contribution in [1.82, 2.24) is 15.0 Å². The van der Waals surface area contributed by atoms with E-state index in [0.29, 0.717) is 11.6 Å². The number of hydrogen-bond acceptors (Lipinski definition) is 5. The average molecular weight is 334 g/mol. The summed E-state index contributed by atoms with van der Waals surface area (Å²) in [5.41, 5.74) is 4.01. The lowest BCUT2D eigenvalue weighted by molar-refractivity contribution is -0.0238. The van der Waals surface area contributed by atoms with Crippen LogP contribution in [-0.2, 0) is 4.74 Å². The first-order valence-corrected chi connectivity index (χ1v) is 8.79. The second kappa shape index (κ2) is 7.15. The van der Waals surface area contributed by atoms with E-state index in [0.717, 1.165) is 37.3 Å².